The summed E-state index contributed by atoms with van der Waals surface area (Å²) in [6.07, 6.45) is 1.62. The van der Waals surface area contributed by atoms with Crippen molar-refractivity contribution in [2.75, 3.05) is 5.73 Å². The molecule has 0 amide bonds. The first-order valence-corrected chi connectivity index (χ1v) is 4.69. The Kier molecular flexibility index (Phi) is 2.11. The fourth-order valence-corrected chi connectivity index (χ4v) is 1.64. The SMILES string of the molecule is Cc1ccc(O)c(-c2cn[nH]c2N)c1C. The first-order valence-electron chi connectivity index (χ1n) is 4.69. The first-order chi connectivity index (χ1) is 7.11. The molecule has 0 saturated carbocycles. The van der Waals surface area contributed by atoms with Crippen molar-refractivity contribution in [1.82, 2.24) is 10.2 Å². The Hall–Kier alpha value is -1.97. The van der Waals surface area contributed by atoms with Crippen LogP contribution in [0.15, 0.2) is 18.3 Å². The van der Waals surface area contributed by atoms with Crippen LogP contribution in [0.4, 0.5) is 5.82 Å². The number of hydrogen-bond donors (Lipinski definition) is 3. The summed E-state index contributed by atoms with van der Waals surface area (Å²) in [5.74, 6) is 0.699. The molecule has 0 aliphatic rings. The van der Waals surface area contributed by atoms with E-state index in [0.717, 1.165) is 22.3 Å². The summed E-state index contributed by atoms with van der Waals surface area (Å²) < 4.78 is 0. The highest BCUT2D eigenvalue weighted by Crippen LogP contribution is 2.36. The van der Waals surface area contributed by atoms with Gasteiger partial charge in [-0.15, -0.1) is 0 Å². The van der Waals surface area contributed by atoms with E-state index in [1.807, 2.05) is 19.9 Å². The van der Waals surface area contributed by atoms with Gasteiger partial charge in [-0.1, -0.05) is 6.07 Å². The van der Waals surface area contributed by atoms with E-state index in [9.17, 15) is 5.11 Å². The maximum Gasteiger partial charge on any atom is 0.126 e. The van der Waals surface area contributed by atoms with E-state index in [2.05, 4.69) is 10.2 Å². The molecule has 1 aromatic carbocycles. The Balaban J connectivity index is 2.72. The number of anilines is 1. The Morgan fingerprint density at radius 3 is 2.67 bits per heavy atom. The van der Waals surface area contributed by atoms with E-state index < -0.39 is 0 Å². The lowest BCUT2D eigenvalue weighted by atomic mass is 9.97. The second-order valence-electron chi connectivity index (χ2n) is 3.60. The minimum atomic E-state index is 0.228. The molecule has 0 atom stereocenters. The maximum atomic E-state index is 9.81. The summed E-state index contributed by atoms with van der Waals surface area (Å²) in [4.78, 5) is 0. The second-order valence-corrected chi connectivity index (χ2v) is 3.60. The van der Waals surface area contributed by atoms with Crippen LogP contribution in [0, 0.1) is 13.8 Å². The van der Waals surface area contributed by atoms with Crippen molar-refractivity contribution in [2.24, 2.45) is 0 Å². The number of aromatic amines is 1. The van der Waals surface area contributed by atoms with Gasteiger partial charge in [0.25, 0.3) is 0 Å². The van der Waals surface area contributed by atoms with Crippen LogP contribution < -0.4 is 5.73 Å². The molecular formula is C11H13N3O. The highest BCUT2D eigenvalue weighted by atomic mass is 16.3. The Morgan fingerprint density at radius 1 is 1.33 bits per heavy atom. The third-order valence-corrected chi connectivity index (χ3v) is 2.65. The molecule has 0 saturated heterocycles. The van der Waals surface area contributed by atoms with E-state index in [-0.39, 0.29) is 5.75 Å². The van der Waals surface area contributed by atoms with E-state index >= 15 is 0 Å². The number of rotatable bonds is 1. The lowest BCUT2D eigenvalue weighted by Gasteiger charge is -2.09. The molecule has 1 aromatic heterocycles. The van der Waals surface area contributed by atoms with Gasteiger partial charge in [0.2, 0.25) is 0 Å². The zero-order chi connectivity index (χ0) is 11.0. The molecule has 2 rings (SSSR count). The van der Waals surface area contributed by atoms with Crippen molar-refractivity contribution in [3.8, 4) is 16.9 Å². The number of phenolic OH excluding ortho intramolecular Hbond substituents is 1. The van der Waals surface area contributed by atoms with Crippen LogP contribution in [0.1, 0.15) is 11.1 Å². The average Bonchev–Trinajstić information content (AvgIpc) is 2.60. The topological polar surface area (TPSA) is 74.9 Å². The largest absolute Gasteiger partial charge is 0.507 e. The van der Waals surface area contributed by atoms with Gasteiger partial charge in [0, 0.05) is 11.1 Å². The lowest BCUT2D eigenvalue weighted by Crippen LogP contribution is -1.92. The average molecular weight is 203 g/mol. The summed E-state index contributed by atoms with van der Waals surface area (Å²) in [7, 11) is 0. The number of nitrogens with zero attached hydrogens (tertiary/aromatic N) is 1. The Labute approximate surface area is 87.7 Å². The molecule has 0 aliphatic carbocycles. The van der Waals surface area contributed by atoms with Crippen LogP contribution in [-0.2, 0) is 0 Å². The van der Waals surface area contributed by atoms with Crippen LogP contribution in [0.25, 0.3) is 11.1 Å². The zero-order valence-electron chi connectivity index (χ0n) is 8.70. The molecule has 4 nitrogen and oxygen atoms in total. The fraction of sp³-hybridized carbons (Fsp3) is 0.182. The number of aryl methyl sites for hydroxylation is 1. The number of nitrogens with two attached hydrogens (primary N) is 1. The van der Waals surface area contributed by atoms with Crippen LogP contribution in [-0.4, -0.2) is 15.3 Å². The third kappa shape index (κ3) is 1.44. The summed E-state index contributed by atoms with van der Waals surface area (Å²) >= 11 is 0. The molecule has 4 N–H and O–H groups in total. The van der Waals surface area contributed by atoms with Crippen molar-refractivity contribution in [3.63, 3.8) is 0 Å². The van der Waals surface area contributed by atoms with Crippen molar-refractivity contribution >= 4 is 5.82 Å². The van der Waals surface area contributed by atoms with Gasteiger partial charge in [-0.2, -0.15) is 5.10 Å². The first kappa shape index (κ1) is 9.58. The molecular weight excluding hydrogens is 190 g/mol. The van der Waals surface area contributed by atoms with Crippen molar-refractivity contribution < 1.29 is 5.11 Å². The van der Waals surface area contributed by atoms with E-state index in [0.29, 0.717) is 5.82 Å². The van der Waals surface area contributed by atoms with Gasteiger partial charge in [0.1, 0.15) is 11.6 Å². The molecule has 78 valence electrons. The Morgan fingerprint density at radius 2 is 2.07 bits per heavy atom. The van der Waals surface area contributed by atoms with E-state index in [1.165, 1.54) is 0 Å². The maximum absolute atomic E-state index is 9.81. The number of hydrogen-bond acceptors (Lipinski definition) is 3. The molecule has 0 spiro atoms. The van der Waals surface area contributed by atoms with Crippen molar-refractivity contribution in [3.05, 3.63) is 29.5 Å². The van der Waals surface area contributed by atoms with Crippen LogP contribution in [0.2, 0.25) is 0 Å². The molecule has 0 aliphatic heterocycles. The van der Waals surface area contributed by atoms with Crippen molar-refractivity contribution in [1.29, 1.82) is 0 Å². The summed E-state index contributed by atoms with van der Waals surface area (Å²) in [5, 5.41) is 16.3. The third-order valence-electron chi connectivity index (χ3n) is 2.65. The number of nitrogen functional groups attached to an aromatic ring is 1. The molecule has 2 aromatic rings. The lowest BCUT2D eigenvalue weighted by molar-refractivity contribution is 0.477. The molecule has 0 fully saturated rings. The minimum absolute atomic E-state index is 0.228. The van der Waals surface area contributed by atoms with E-state index in [1.54, 1.807) is 12.3 Å². The predicted octanol–water partition coefficient (Wildman–Crippen LogP) is 1.98. The molecule has 0 unspecified atom stereocenters. The van der Waals surface area contributed by atoms with Gasteiger partial charge in [0.05, 0.1) is 6.20 Å². The molecule has 15 heavy (non-hydrogen) atoms. The minimum Gasteiger partial charge on any atom is -0.507 e. The van der Waals surface area contributed by atoms with Gasteiger partial charge < -0.3 is 10.8 Å². The molecule has 0 bridgehead atoms. The van der Waals surface area contributed by atoms with Crippen molar-refractivity contribution in [2.45, 2.75) is 13.8 Å². The highest BCUT2D eigenvalue weighted by Gasteiger charge is 2.13. The second kappa shape index (κ2) is 3.31. The monoisotopic (exact) mass is 203 g/mol. The number of aromatic hydroxyl groups is 1. The number of benzene rings is 1. The predicted molar refractivity (Wildman–Crippen MR) is 59.6 cm³/mol. The standard InChI is InChI=1S/C11H13N3O/c1-6-3-4-9(15)10(7(6)2)8-5-13-14-11(8)12/h3-5,15H,1-2H3,(H3,12,13,14). The highest BCUT2D eigenvalue weighted by molar-refractivity contribution is 5.80. The van der Waals surface area contributed by atoms with Gasteiger partial charge in [0.15, 0.2) is 0 Å². The van der Waals surface area contributed by atoms with Gasteiger partial charge >= 0.3 is 0 Å². The fourth-order valence-electron chi connectivity index (χ4n) is 1.64. The van der Waals surface area contributed by atoms with Gasteiger partial charge in [-0.05, 0) is 31.0 Å². The number of nitrogens with one attached hydrogen (secondary N) is 1. The quantitative estimate of drug-likeness (QED) is 0.663. The number of aromatic nitrogens is 2. The van der Waals surface area contributed by atoms with Crippen LogP contribution in [0.5, 0.6) is 5.75 Å². The summed E-state index contributed by atoms with van der Waals surface area (Å²) in [6, 6.07) is 3.55. The summed E-state index contributed by atoms with van der Waals surface area (Å²) in [5.41, 5.74) is 9.36. The Bertz CT molecular complexity index is 503. The zero-order valence-corrected chi connectivity index (χ0v) is 8.70. The smallest absolute Gasteiger partial charge is 0.126 e. The normalized spacial score (nSPS) is 10.5. The van der Waals surface area contributed by atoms with E-state index in [4.69, 9.17) is 5.73 Å². The molecule has 0 radical (unpaired) electrons. The number of phenols is 1. The van der Waals surface area contributed by atoms with Crippen LogP contribution in [0.3, 0.4) is 0 Å². The van der Waals surface area contributed by atoms with Gasteiger partial charge in [-0.3, -0.25) is 5.10 Å². The van der Waals surface area contributed by atoms with Crippen LogP contribution >= 0.6 is 0 Å². The molecule has 1 heterocycles. The number of H-pyrrole nitrogens is 1. The molecule has 4 heteroatoms. The summed E-state index contributed by atoms with van der Waals surface area (Å²) in [6.45, 7) is 3.95. The van der Waals surface area contributed by atoms with Gasteiger partial charge in [-0.25, -0.2) is 0 Å².